The van der Waals surface area contributed by atoms with E-state index in [1.54, 1.807) is 4.90 Å². The Balaban J connectivity index is 1.24. The van der Waals surface area contributed by atoms with Gasteiger partial charge in [0.05, 0.1) is 5.92 Å². The number of anilines is 1. The van der Waals surface area contributed by atoms with Crippen molar-refractivity contribution in [3.8, 4) is 11.4 Å². The summed E-state index contributed by atoms with van der Waals surface area (Å²) in [5.41, 5.74) is 3.77. The third-order valence-corrected chi connectivity index (χ3v) is 6.40. The number of rotatable bonds is 6. The number of hydrogen-bond acceptors (Lipinski definition) is 5. The van der Waals surface area contributed by atoms with Crippen molar-refractivity contribution in [1.82, 2.24) is 15.5 Å². The van der Waals surface area contributed by atoms with Crippen LogP contribution in [0, 0.1) is 12.8 Å². The van der Waals surface area contributed by atoms with Crippen LogP contribution < -0.4 is 10.2 Å². The van der Waals surface area contributed by atoms with E-state index in [0.29, 0.717) is 30.7 Å². The lowest BCUT2D eigenvalue weighted by Crippen LogP contribution is -2.32. The number of nitrogens with one attached hydrogen (secondary N) is 1. The first-order valence-electron chi connectivity index (χ1n) is 11.1. The minimum atomic E-state index is -0.369. The molecule has 2 aliphatic rings. The van der Waals surface area contributed by atoms with Crippen molar-refractivity contribution < 1.29 is 14.1 Å². The lowest BCUT2D eigenvalue weighted by molar-refractivity contribution is -0.126. The van der Waals surface area contributed by atoms with Crippen molar-refractivity contribution in [3.63, 3.8) is 0 Å². The predicted octanol–water partition coefficient (Wildman–Crippen LogP) is 3.98. The first-order valence-corrected chi connectivity index (χ1v) is 11.1. The maximum atomic E-state index is 12.7. The normalized spacial score (nSPS) is 18.6. The molecule has 1 aliphatic carbocycles. The standard InChI is InChI=1S/C25H26N4O3/c1-16-8-10-17(11-9-16)14-26-24(31)20-13-22(30)29(15-20)21-7-3-6-19(12-21)23-27-25(32-28-23)18-4-2-5-18/h3,6-12,18,20H,2,4-5,13-15H2,1H3,(H,26,31)/t20-/m1/s1. The topological polar surface area (TPSA) is 88.3 Å². The van der Waals surface area contributed by atoms with Gasteiger partial charge in [-0.15, -0.1) is 0 Å². The molecule has 7 nitrogen and oxygen atoms in total. The van der Waals surface area contributed by atoms with Gasteiger partial charge in [0.2, 0.25) is 23.5 Å². The van der Waals surface area contributed by atoms with Gasteiger partial charge < -0.3 is 14.7 Å². The van der Waals surface area contributed by atoms with Crippen molar-refractivity contribution >= 4 is 17.5 Å². The number of carbonyl (C=O) groups is 2. The minimum absolute atomic E-state index is 0.0547. The fourth-order valence-electron chi connectivity index (χ4n) is 4.16. The van der Waals surface area contributed by atoms with Crippen LogP contribution in [0.1, 0.15) is 48.6 Å². The van der Waals surface area contributed by atoms with E-state index in [1.165, 1.54) is 12.0 Å². The highest BCUT2D eigenvalue weighted by molar-refractivity contribution is 6.00. The van der Waals surface area contributed by atoms with Gasteiger partial charge in [0.15, 0.2) is 0 Å². The van der Waals surface area contributed by atoms with Gasteiger partial charge in [-0.1, -0.05) is 53.5 Å². The molecular weight excluding hydrogens is 404 g/mol. The molecule has 2 heterocycles. The van der Waals surface area contributed by atoms with Gasteiger partial charge >= 0.3 is 0 Å². The molecule has 0 radical (unpaired) electrons. The Hall–Kier alpha value is -3.48. The van der Waals surface area contributed by atoms with Crippen LogP contribution in [0.3, 0.4) is 0 Å². The number of amides is 2. The van der Waals surface area contributed by atoms with Gasteiger partial charge in [0, 0.05) is 36.7 Å². The van der Waals surface area contributed by atoms with E-state index in [2.05, 4.69) is 15.5 Å². The Bertz CT molecular complexity index is 1130. The molecule has 5 rings (SSSR count). The van der Waals surface area contributed by atoms with Crippen LogP contribution in [0.5, 0.6) is 0 Å². The second-order valence-corrected chi connectivity index (χ2v) is 8.74. The zero-order valence-corrected chi connectivity index (χ0v) is 18.1. The zero-order chi connectivity index (χ0) is 22.1. The molecule has 164 valence electrons. The summed E-state index contributed by atoms with van der Waals surface area (Å²) in [7, 11) is 0. The molecule has 1 atom stereocenters. The maximum Gasteiger partial charge on any atom is 0.230 e. The summed E-state index contributed by atoms with van der Waals surface area (Å²) >= 11 is 0. The predicted molar refractivity (Wildman–Crippen MR) is 120 cm³/mol. The van der Waals surface area contributed by atoms with E-state index in [1.807, 2.05) is 55.5 Å². The highest BCUT2D eigenvalue weighted by atomic mass is 16.5. The van der Waals surface area contributed by atoms with Gasteiger partial charge in [-0.05, 0) is 37.5 Å². The molecule has 0 bridgehead atoms. The van der Waals surface area contributed by atoms with E-state index in [9.17, 15) is 9.59 Å². The van der Waals surface area contributed by atoms with Crippen molar-refractivity contribution in [2.75, 3.05) is 11.4 Å². The molecule has 0 spiro atoms. The van der Waals surface area contributed by atoms with E-state index < -0.39 is 0 Å². The second kappa shape index (κ2) is 8.57. The lowest BCUT2D eigenvalue weighted by Gasteiger charge is -2.20. The molecule has 2 fully saturated rings. The monoisotopic (exact) mass is 430 g/mol. The van der Waals surface area contributed by atoms with Crippen LogP contribution in [-0.2, 0) is 16.1 Å². The minimum Gasteiger partial charge on any atom is -0.352 e. The molecule has 1 aliphatic heterocycles. The molecule has 7 heteroatoms. The fourth-order valence-corrected chi connectivity index (χ4v) is 4.16. The molecule has 1 aromatic heterocycles. The summed E-state index contributed by atoms with van der Waals surface area (Å²) in [6.45, 7) is 2.85. The Morgan fingerprint density at radius 2 is 2.00 bits per heavy atom. The van der Waals surface area contributed by atoms with Crippen LogP contribution in [0.2, 0.25) is 0 Å². The highest BCUT2D eigenvalue weighted by Gasteiger charge is 2.35. The SMILES string of the molecule is Cc1ccc(CNC(=O)[C@@H]2CC(=O)N(c3cccc(-c4noc(C5CCC5)n4)c3)C2)cc1. The van der Waals surface area contributed by atoms with Crippen molar-refractivity contribution in [3.05, 3.63) is 65.5 Å². The first kappa shape index (κ1) is 20.4. The Morgan fingerprint density at radius 3 is 2.75 bits per heavy atom. The van der Waals surface area contributed by atoms with Crippen molar-refractivity contribution in [1.29, 1.82) is 0 Å². The summed E-state index contributed by atoms with van der Waals surface area (Å²) in [6, 6.07) is 15.6. The highest BCUT2D eigenvalue weighted by Crippen LogP contribution is 2.36. The van der Waals surface area contributed by atoms with E-state index in [4.69, 9.17) is 4.52 Å². The molecule has 3 aromatic rings. The third kappa shape index (κ3) is 4.15. The second-order valence-electron chi connectivity index (χ2n) is 8.74. The van der Waals surface area contributed by atoms with E-state index in [-0.39, 0.29) is 24.2 Å². The van der Waals surface area contributed by atoms with E-state index >= 15 is 0 Å². The first-order chi connectivity index (χ1) is 15.6. The Morgan fingerprint density at radius 1 is 1.19 bits per heavy atom. The molecule has 1 N–H and O–H groups in total. The quantitative estimate of drug-likeness (QED) is 0.639. The average molecular weight is 431 g/mol. The smallest absolute Gasteiger partial charge is 0.230 e. The number of nitrogens with zero attached hydrogens (tertiary/aromatic N) is 3. The molecule has 1 saturated heterocycles. The summed E-state index contributed by atoms with van der Waals surface area (Å²) in [6.07, 6.45) is 3.60. The van der Waals surface area contributed by atoms with Gasteiger partial charge in [0.25, 0.3) is 0 Å². The number of benzene rings is 2. The average Bonchev–Trinajstić information content (AvgIpc) is 3.39. The molecule has 0 unspecified atom stereocenters. The van der Waals surface area contributed by atoms with Crippen LogP contribution in [-0.4, -0.2) is 28.5 Å². The van der Waals surface area contributed by atoms with Gasteiger partial charge in [-0.25, -0.2) is 0 Å². The van der Waals surface area contributed by atoms with Crippen LogP contribution in [0.15, 0.2) is 53.1 Å². The summed E-state index contributed by atoms with van der Waals surface area (Å²) < 4.78 is 5.43. The molecule has 1 saturated carbocycles. The number of hydrogen-bond donors (Lipinski definition) is 1. The van der Waals surface area contributed by atoms with Crippen molar-refractivity contribution in [2.45, 2.75) is 45.1 Å². The van der Waals surface area contributed by atoms with Crippen molar-refractivity contribution in [2.24, 2.45) is 5.92 Å². The molecule has 2 amide bonds. The summed E-state index contributed by atoms with van der Waals surface area (Å²) in [5.74, 6) is 1.08. The van der Waals surface area contributed by atoms with Crippen LogP contribution in [0.25, 0.3) is 11.4 Å². The summed E-state index contributed by atoms with van der Waals surface area (Å²) in [5, 5.41) is 7.09. The van der Waals surface area contributed by atoms with Gasteiger partial charge in [0.1, 0.15) is 0 Å². The Labute approximate surface area is 186 Å². The van der Waals surface area contributed by atoms with Crippen LogP contribution in [0.4, 0.5) is 5.69 Å². The van der Waals surface area contributed by atoms with Gasteiger partial charge in [-0.2, -0.15) is 4.98 Å². The van der Waals surface area contributed by atoms with Crippen LogP contribution >= 0.6 is 0 Å². The lowest BCUT2D eigenvalue weighted by atomic mass is 9.85. The summed E-state index contributed by atoms with van der Waals surface area (Å²) in [4.78, 5) is 31.6. The maximum absolute atomic E-state index is 12.7. The largest absolute Gasteiger partial charge is 0.352 e. The van der Waals surface area contributed by atoms with E-state index in [0.717, 1.165) is 29.7 Å². The molecule has 2 aromatic carbocycles. The number of carbonyl (C=O) groups excluding carboxylic acids is 2. The third-order valence-electron chi connectivity index (χ3n) is 6.40. The van der Waals surface area contributed by atoms with Gasteiger partial charge in [-0.3, -0.25) is 9.59 Å². The number of aromatic nitrogens is 2. The zero-order valence-electron chi connectivity index (χ0n) is 18.1. The Kier molecular flexibility index (Phi) is 5.47. The molecule has 32 heavy (non-hydrogen) atoms. The number of aryl methyl sites for hydroxylation is 1. The fraction of sp³-hybridized carbons (Fsp3) is 0.360. The molecular formula is C25H26N4O3.